The van der Waals surface area contributed by atoms with Crippen molar-refractivity contribution in [2.45, 2.75) is 69.1 Å². The molecule has 0 saturated carbocycles. The molecule has 0 aromatic carbocycles. The number of hydrogen-bond acceptors (Lipinski definition) is 9. The third kappa shape index (κ3) is 14.8. The molecule has 214 valence electrons. The van der Waals surface area contributed by atoms with Gasteiger partial charge in [0, 0.05) is 19.4 Å². The van der Waals surface area contributed by atoms with Crippen molar-refractivity contribution in [3.63, 3.8) is 0 Å². The van der Waals surface area contributed by atoms with Gasteiger partial charge < -0.3 is 54.2 Å². The van der Waals surface area contributed by atoms with Crippen LogP contribution in [0, 0.1) is 0 Å². The van der Waals surface area contributed by atoms with Gasteiger partial charge in [-0.05, 0) is 25.7 Å². The topological polar surface area (TPSA) is 333 Å². The van der Waals surface area contributed by atoms with Crippen LogP contribution in [0.4, 0.5) is 0 Å². The molecule has 14 N–H and O–H groups in total. The molecule has 18 nitrogen and oxygen atoms in total. The number of carboxylic acids is 3. The van der Waals surface area contributed by atoms with Crippen LogP contribution in [0.15, 0.2) is 4.99 Å². The Balaban J connectivity index is 5.55. The maximum absolute atomic E-state index is 12.8. The summed E-state index contributed by atoms with van der Waals surface area (Å²) >= 11 is 0. The summed E-state index contributed by atoms with van der Waals surface area (Å²) in [6.45, 7) is 0.0724. The molecule has 0 radical (unpaired) electrons. The molecule has 4 amide bonds. The fourth-order valence-corrected chi connectivity index (χ4v) is 2.94. The van der Waals surface area contributed by atoms with E-state index in [1.807, 2.05) is 0 Å². The SMILES string of the molecule is NC(=O)CC(NC(=O)C(CCC(=O)O)NC(=O)C(N)CCC(=O)O)C(=O)NC(CCCN=C(N)N)C(=O)O. The number of guanidine groups is 1. The number of nitrogens with one attached hydrogen (secondary N) is 3. The molecule has 0 aliphatic carbocycles. The molecule has 18 heteroatoms. The zero-order valence-electron chi connectivity index (χ0n) is 20.4. The van der Waals surface area contributed by atoms with E-state index in [-0.39, 0.29) is 31.8 Å². The highest BCUT2D eigenvalue weighted by molar-refractivity contribution is 5.96. The summed E-state index contributed by atoms with van der Waals surface area (Å²) in [7, 11) is 0. The van der Waals surface area contributed by atoms with E-state index >= 15 is 0 Å². The van der Waals surface area contributed by atoms with E-state index in [0.29, 0.717) is 0 Å². The number of rotatable bonds is 19. The Labute approximate surface area is 216 Å². The second-order valence-corrected chi connectivity index (χ2v) is 8.11. The Bertz CT molecular complexity index is 921. The second-order valence-electron chi connectivity index (χ2n) is 8.11. The van der Waals surface area contributed by atoms with E-state index < -0.39 is 91.4 Å². The number of nitrogens with two attached hydrogens (primary N) is 4. The molecule has 38 heavy (non-hydrogen) atoms. The maximum Gasteiger partial charge on any atom is 0.326 e. The third-order valence-electron chi connectivity index (χ3n) is 4.88. The lowest BCUT2D eigenvalue weighted by atomic mass is 10.1. The molecule has 0 spiro atoms. The van der Waals surface area contributed by atoms with Gasteiger partial charge in [0.25, 0.3) is 0 Å². The standard InChI is InChI=1S/C20H34N8O10/c21-9(3-5-14(30)31)16(34)26-10(4-6-15(32)33)17(35)28-12(8-13(22)29)18(36)27-11(19(37)38)2-1-7-25-20(23)24/h9-12H,1-8,21H2,(H2,22,29)(H,26,34)(H,27,36)(H,28,35)(H,30,31)(H,32,33)(H,37,38)(H4,23,24,25). The van der Waals surface area contributed by atoms with E-state index in [9.17, 15) is 38.7 Å². The van der Waals surface area contributed by atoms with Crippen molar-refractivity contribution in [1.29, 1.82) is 0 Å². The second kappa shape index (κ2) is 17.1. The number of amides is 4. The van der Waals surface area contributed by atoms with Crippen molar-refractivity contribution < 1.29 is 48.9 Å². The van der Waals surface area contributed by atoms with Crippen LogP contribution in [0.3, 0.4) is 0 Å². The lowest BCUT2D eigenvalue weighted by molar-refractivity contribution is -0.142. The first-order chi connectivity index (χ1) is 17.6. The number of nitrogens with zero attached hydrogens (tertiary/aromatic N) is 1. The Morgan fingerprint density at radius 3 is 1.68 bits per heavy atom. The number of hydrogen-bond donors (Lipinski definition) is 10. The fraction of sp³-hybridized carbons (Fsp3) is 0.600. The van der Waals surface area contributed by atoms with Crippen LogP contribution in [-0.4, -0.2) is 93.5 Å². The van der Waals surface area contributed by atoms with E-state index in [4.69, 9.17) is 33.1 Å². The maximum atomic E-state index is 12.8. The molecular weight excluding hydrogens is 512 g/mol. The van der Waals surface area contributed by atoms with Gasteiger partial charge in [-0.25, -0.2) is 4.79 Å². The number of carbonyl (C=O) groups excluding carboxylic acids is 4. The summed E-state index contributed by atoms with van der Waals surface area (Å²) in [6.07, 6.45) is -2.47. The van der Waals surface area contributed by atoms with Gasteiger partial charge in [-0.1, -0.05) is 0 Å². The van der Waals surface area contributed by atoms with Gasteiger partial charge in [-0.3, -0.25) is 33.8 Å². The first-order valence-electron chi connectivity index (χ1n) is 11.3. The molecule has 0 bridgehead atoms. The minimum Gasteiger partial charge on any atom is -0.481 e. The number of aliphatic imine (C=N–C) groups is 1. The van der Waals surface area contributed by atoms with Crippen LogP contribution < -0.4 is 38.9 Å². The summed E-state index contributed by atoms with van der Waals surface area (Å²) in [5.41, 5.74) is 21.1. The smallest absolute Gasteiger partial charge is 0.326 e. The van der Waals surface area contributed by atoms with E-state index in [1.165, 1.54) is 0 Å². The van der Waals surface area contributed by atoms with Crippen molar-refractivity contribution in [1.82, 2.24) is 16.0 Å². The summed E-state index contributed by atoms with van der Waals surface area (Å²) in [5.74, 6) is -8.34. The minimum absolute atomic E-state index is 0.0724. The van der Waals surface area contributed by atoms with Crippen LogP contribution in [0.25, 0.3) is 0 Å². The summed E-state index contributed by atoms with van der Waals surface area (Å²) in [6, 6.07) is -6.01. The molecule has 4 unspecified atom stereocenters. The Hall–Kier alpha value is -4.48. The molecule has 0 aliphatic heterocycles. The van der Waals surface area contributed by atoms with Crippen LogP contribution >= 0.6 is 0 Å². The molecule has 0 fully saturated rings. The number of carbonyl (C=O) groups is 7. The van der Waals surface area contributed by atoms with Crippen molar-refractivity contribution in [3.8, 4) is 0 Å². The highest BCUT2D eigenvalue weighted by Crippen LogP contribution is 2.05. The number of aliphatic carboxylic acids is 3. The van der Waals surface area contributed by atoms with Gasteiger partial charge in [0.2, 0.25) is 23.6 Å². The molecule has 0 aromatic heterocycles. The average molecular weight is 547 g/mol. The largest absolute Gasteiger partial charge is 0.481 e. The average Bonchev–Trinajstić information content (AvgIpc) is 2.80. The van der Waals surface area contributed by atoms with E-state index in [1.54, 1.807) is 0 Å². The van der Waals surface area contributed by atoms with Crippen molar-refractivity contribution in [2.75, 3.05) is 6.54 Å². The zero-order chi connectivity index (χ0) is 29.4. The van der Waals surface area contributed by atoms with Gasteiger partial charge in [-0.15, -0.1) is 0 Å². The number of primary amides is 1. The number of carboxylic acid groups (broad SMARTS) is 3. The molecular formula is C20H34N8O10. The highest BCUT2D eigenvalue weighted by Gasteiger charge is 2.31. The Morgan fingerprint density at radius 1 is 0.684 bits per heavy atom. The Kier molecular flexibility index (Phi) is 15.0. The molecule has 0 heterocycles. The van der Waals surface area contributed by atoms with Crippen LogP contribution in [0.1, 0.15) is 44.9 Å². The predicted molar refractivity (Wildman–Crippen MR) is 129 cm³/mol. The minimum atomic E-state index is -1.68. The normalized spacial score (nSPS) is 13.6. The summed E-state index contributed by atoms with van der Waals surface area (Å²) < 4.78 is 0. The van der Waals surface area contributed by atoms with Crippen molar-refractivity contribution in [2.24, 2.45) is 27.9 Å². The lowest BCUT2D eigenvalue weighted by Crippen LogP contribution is -2.57. The summed E-state index contributed by atoms with van der Waals surface area (Å²) in [4.78, 5) is 86.2. The van der Waals surface area contributed by atoms with Crippen LogP contribution in [-0.2, 0) is 33.6 Å². The van der Waals surface area contributed by atoms with E-state index in [2.05, 4.69) is 20.9 Å². The van der Waals surface area contributed by atoms with E-state index in [0.717, 1.165) is 0 Å². The van der Waals surface area contributed by atoms with Gasteiger partial charge in [0.1, 0.15) is 18.1 Å². The monoisotopic (exact) mass is 546 g/mol. The van der Waals surface area contributed by atoms with Gasteiger partial charge in [0.05, 0.1) is 12.5 Å². The first-order valence-corrected chi connectivity index (χ1v) is 11.3. The van der Waals surface area contributed by atoms with Crippen LogP contribution in [0.2, 0.25) is 0 Å². The van der Waals surface area contributed by atoms with Gasteiger partial charge in [0.15, 0.2) is 5.96 Å². The summed E-state index contributed by atoms with van der Waals surface area (Å²) in [5, 5.41) is 33.6. The molecule has 0 saturated heterocycles. The lowest BCUT2D eigenvalue weighted by Gasteiger charge is -2.24. The molecule has 0 rings (SSSR count). The third-order valence-corrected chi connectivity index (χ3v) is 4.88. The van der Waals surface area contributed by atoms with Crippen molar-refractivity contribution in [3.05, 3.63) is 0 Å². The van der Waals surface area contributed by atoms with Gasteiger partial charge in [-0.2, -0.15) is 0 Å². The zero-order valence-corrected chi connectivity index (χ0v) is 20.4. The first kappa shape index (κ1) is 33.5. The van der Waals surface area contributed by atoms with Crippen molar-refractivity contribution >= 4 is 47.5 Å². The molecule has 4 atom stereocenters. The van der Waals surface area contributed by atoms with Gasteiger partial charge >= 0.3 is 17.9 Å². The molecule has 0 aliphatic rings. The quantitative estimate of drug-likeness (QED) is 0.0415. The fourth-order valence-electron chi connectivity index (χ4n) is 2.94. The predicted octanol–water partition coefficient (Wildman–Crippen LogP) is -4.49. The van der Waals surface area contributed by atoms with Crippen LogP contribution in [0.5, 0.6) is 0 Å². The highest BCUT2D eigenvalue weighted by atomic mass is 16.4. The Morgan fingerprint density at radius 2 is 1.18 bits per heavy atom. The molecule has 0 aromatic rings.